The third-order valence-electron chi connectivity index (χ3n) is 2.90. The minimum absolute atomic E-state index is 0.0289. The van der Waals surface area contributed by atoms with Gasteiger partial charge in [0.25, 0.3) is 0 Å². The first-order valence-corrected chi connectivity index (χ1v) is 5.32. The minimum atomic E-state index is -0.124. The molecular weight excluding hydrogens is 166 g/mol. The monoisotopic (exact) mass is 187 g/mol. The van der Waals surface area contributed by atoms with E-state index in [1.807, 2.05) is 0 Å². The highest BCUT2D eigenvalue weighted by Crippen LogP contribution is 2.26. The molecule has 3 nitrogen and oxygen atoms in total. The molecule has 0 heterocycles. The van der Waals surface area contributed by atoms with Gasteiger partial charge in [-0.05, 0) is 18.9 Å². The third kappa shape index (κ3) is 4.07. The van der Waals surface area contributed by atoms with E-state index in [9.17, 15) is 0 Å². The van der Waals surface area contributed by atoms with Gasteiger partial charge in [0.1, 0.15) is 0 Å². The Hall–Kier alpha value is -0.120. The van der Waals surface area contributed by atoms with Crippen LogP contribution in [0.5, 0.6) is 0 Å². The van der Waals surface area contributed by atoms with E-state index < -0.39 is 0 Å². The molecule has 3 heteroatoms. The highest BCUT2D eigenvalue weighted by atomic mass is 16.3. The molecular formula is C10H21NO2. The Morgan fingerprint density at radius 1 is 1.15 bits per heavy atom. The maximum absolute atomic E-state index is 8.80. The van der Waals surface area contributed by atoms with Crippen LogP contribution in [0, 0.1) is 5.92 Å². The molecule has 0 aromatic rings. The largest absolute Gasteiger partial charge is 0.395 e. The first kappa shape index (κ1) is 11.0. The summed E-state index contributed by atoms with van der Waals surface area (Å²) in [6.07, 6.45) is 6.69. The standard InChI is InChI=1S/C10H21NO2/c12-7-10(8-13)11-6-5-9-3-1-2-4-9/h9-13H,1-8H2. The van der Waals surface area contributed by atoms with Crippen LogP contribution in [-0.2, 0) is 0 Å². The van der Waals surface area contributed by atoms with Crippen molar-refractivity contribution < 1.29 is 10.2 Å². The molecule has 0 aromatic heterocycles. The zero-order valence-corrected chi connectivity index (χ0v) is 8.21. The number of hydrogen-bond acceptors (Lipinski definition) is 3. The van der Waals surface area contributed by atoms with E-state index in [-0.39, 0.29) is 19.3 Å². The Balaban J connectivity index is 1.98. The molecule has 1 aliphatic rings. The number of aliphatic hydroxyl groups excluding tert-OH is 2. The molecule has 0 radical (unpaired) electrons. The van der Waals surface area contributed by atoms with Gasteiger partial charge >= 0.3 is 0 Å². The average Bonchev–Trinajstić information content (AvgIpc) is 2.65. The summed E-state index contributed by atoms with van der Waals surface area (Å²) in [6.45, 7) is 0.985. The molecule has 1 saturated carbocycles. The zero-order chi connectivity index (χ0) is 9.52. The van der Waals surface area contributed by atoms with Crippen molar-refractivity contribution in [1.82, 2.24) is 5.32 Å². The number of nitrogens with one attached hydrogen (secondary N) is 1. The quantitative estimate of drug-likeness (QED) is 0.568. The van der Waals surface area contributed by atoms with Gasteiger partial charge in [-0.2, -0.15) is 0 Å². The van der Waals surface area contributed by atoms with E-state index in [2.05, 4.69) is 5.32 Å². The van der Waals surface area contributed by atoms with Crippen molar-refractivity contribution in [3.8, 4) is 0 Å². The van der Waals surface area contributed by atoms with Gasteiger partial charge in [-0.25, -0.2) is 0 Å². The highest BCUT2D eigenvalue weighted by molar-refractivity contribution is 4.70. The molecule has 0 spiro atoms. The number of aliphatic hydroxyl groups is 2. The Bertz CT molecular complexity index is 118. The van der Waals surface area contributed by atoms with Gasteiger partial charge in [0.05, 0.1) is 19.3 Å². The van der Waals surface area contributed by atoms with Crippen molar-refractivity contribution in [3.63, 3.8) is 0 Å². The summed E-state index contributed by atoms with van der Waals surface area (Å²) in [5.41, 5.74) is 0. The van der Waals surface area contributed by atoms with Crippen molar-refractivity contribution >= 4 is 0 Å². The summed E-state index contributed by atoms with van der Waals surface area (Å²) >= 11 is 0. The molecule has 1 fully saturated rings. The van der Waals surface area contributed by atoms with Crippen molar-refractivity contribution in [2.24, 2.45) is 5.92 Å². The third-order valence-corrected chi connectivity index (χ3v) is 2.90. The lowest BCUT2D eigenvalue weighted by Gasteiger charge is -2.15. The first-order chi connectivity index (χ1) is 6.36. The van der Waals surface area contributed by atoms with Crippen molar-refractivity contribution in [2.45, 2.75) is 38.1 Å². The molecule has 1 rings (SSSR count). The van der Waals surface area contributed by atoms with Crippen LogP contribution in [-0.4, -0.2) is 36.0 Å². The smallest absolute Gasteiger partial charge is 0.0607 e. The summed E-state index contributed by atoms with van der Waals surface area (Å²) in [6, 6.07) is -0.124. The molecule has 0 saturated heterocycles. The molecule has 3 N–H and O–H groups in total. The molecule has 0 aliphatic heterocycles. The lowest BCUT2D eigenvalue weighted by atomic mass is 10.0. The van der Waals surface area contributed by atoms with Crippen LogP contribution >= 0.6 is 0 Å². The van der Waals surface area contributed by atoms with E-state index in [0.29, 0.717) is 0 Å². The topological polar surface area (TPSA) is 52.5 Å². The average molecular weight is 187 g/mol. The van der Waals surface area contributed by atoms with E-state index in [4.69, 9.17) is 10.2 Å². The van der Waals surface area contributed by atoms with Crippen molar-refractivity contribution in [2.75, 3.05) is 19.8 Å². The fourth-order valence-corrected chi connectivity index (χ4v) is 1.98. The second kappa shape index (κ2) is 6.35. The second-order valence-electron chi connectivity index (χ2n) is 3.96. The van der Waals surface area contributed by atoms with Gasteiger partial charge in [-0.15, -0.1) is 0 Å². The predicted octanol–water partition coefficient (Wildman–Crippen LogP) is 0.509. The molecule has 78 valence electrons. The Morgan fingerprint density at radius 3 is 2.31 bits per heavy atom. The van der Waals surface area contributed by atoms with Gasteiger partial charge in [-0.3, -0.25) is 0 Å². The summed E-state index contributed by atoms with van der Waals surface area (Å²) in [5.74, 6) is 0.880. The first-order valence-electron chi connectivity index (χ1n) is 5.32. The predicted molar refractivity (Wildman–Crippen MR) is 52.5 cm³/mol. The zero-order valence-electron chi connectivity index (χ0n) is 8.21. The van der Waals surface area contributed by atoms with E-state index in [1.165, 1.54) is 32.1 Å². The Morgan fingerprint density at radius 2 is 1.77 bits per heavy atom. The van der Waals surface area contributed by atoms with Crippen LogP contribution in [0.2, 0.25) is 0 Å². The Kier molecular flexibility index (Phi) is 5.35. The molecule has 0 aromatic carbocycles. The van der Waals surface area contributed by atoms with Crippen molar-refractivity contribution in [3.05, 3.63) is 0 Å². The van der Waals surface area contributed by atoms with Crippen LogP contribution in [0.15, 0.2) is 0 Å². The molecule has 0 unspecified atom stereocenters. The van der Waals surface area contributed by atoms with Crippen LogP contribution < -0.4 is 5.32 Å². The van der Waals surface area contributed by atoms with E-state index in [1.54, 1.807) is 0 Å². The molecule has 0 bridgehead atoms. The summed E-state index contributed by atoms with van der Waals surface area (Å²) in [4.78, 5) is 0. The number of hydrogen-bond donors (Lipinski definition) is 3. The van der Waals surface area contributed by atoms with E-state index in [0.717, 1.165) is 12.5 Å². The van der Waals surface area contributed by atoms with Gasteiger partial charge in [0, 0.05) is 0 Å². The van der Waals surface area contributed by atoms with Crippen LogP contribution in [0.3, 0.4) is 0 Å². The van der Waals surface area contributed by atoms with Gasteiger partial charge in [0.15, 0.2) is 0 Å². The van der Waals surface area contributed by atoms with Gasteiger partial charge < -0.3 is 15.5 Å². The summed E-state index contributed by atoms with van der Waals surface area (Å²) in [5, 5.41) is 20.7. The summed E-state index contributed by atoms with van der Waals surface area (Å²) < 4.78 is 0. The summed E-state index contributed by atoms with van der Waals surface area (Å²) in [7, 11) is 0. The second-order valence-corrected chi connectivity index (χ2v) is 3.96. The lowest BCUT2D eigenvalue weighted by molar-refractivity contribution is 0.169. The maximum Gasteiger partial charge on any atom is 0.0607 e. The maximum atomic E-state index is 8.80. The van der Waals surface area contributed by atoms with Crippen LogP contribution in [0.1, 0.15) is 32.1 Å². The van der Waals surface area contributed by atoms with Gasteiger partial charge in [0.2, 0.25) is 0 Å². The normalized spacial score (nSPS) is 18.7. The Labute approximate surface area is 80.2 Å². The molecule has 1 aliphatic carbocycles. The van der Waals surface area contributed by atoms with Crippen LogP contribution in [0.25, 0.3) is 0 Å². The van der Waals surface area contributed by atoms with Crippen LogP contribution in [0.4, 0.5) is 0 Å². The molecule has 0 atom stereocenters. The SMILES string of the molecule is OCC(CO)NCCC1CCCC1. The van der Waals surface area contributed by atoms with E-state index >= 15 is 0 Å². The fraction of sp³-hybridized carbons (Fsp3) is 1.00. The van der Waals surface area contributed by atoms with Crippen molar-refractivity contribution in [1.29, 1.82) is 0 Å². The molecule has 13 heavy (non-hydrogen) atoms. The van der Waals surface area contributed by atoms with Gasteiger partial charge in [-0.1, -0.05) is 25.7 Å². The molecule has 0 amide bonds. The fourth-order valence-electron chi connectivity index (χ4n) is 1.98. The number of rotatable bonds is 6. The minimum Gasteiger partial charge on any atom is -0.395 e. The highest BCUT2D eigenvalue weighted by Gasteiger charge is 2.14. The lowest BCUT2D eigenvalue weighted by Crippen LogP contribution is -2.36.